The SMILES string of the molecule is Nc1cc(C(=O)O)cnc1Nc1ccc(Br)cc1F. The highest BCUT2D eigenvalue weighted by Crippen LogP contribution is 2.25. The summed E-state index contributed by atoms with van der Waals surface area (Å²) >= 11 is 3.15. The van der Waals surface area contributed by atoms with Gasteiger partial charge >= 0.3 is 5.97 Å². The van der Waals surface area contributed by atoms with Crippen molar-refractivity contribution in [3.8, 4) is 0 Å². The van der Waals surface area contributed by atoms with Gasteiger partial charge in [-0.3, -0.25) is 0 Å². The minimum Gasteiger partial charge on any atom is -0.478 e. The number of carboxylic acid groups (broad SMARTS) is 1. The Labute approximate surface area is 116 Å². The van der Waals surface area contributed by atoms with Gasteiger partial charge in [0.15, 0.2) is 5.82 Å². The number of carboxylic acids is 1. The fourth-order valence-corrected chi connectivity index (χ4v) is 1.75. The molecule has 98 valence electrons. The van der Waals surface area contributed by atoms with E-state index in [2.05, 4.69) is 26.2 Å². The molecule has 0 saturated carbocycles. The molecule has 0 spiro atoms. The number of nitrogen functional groups attached to an aromatic ring is 1. The maximum atomic E-state index is 13.6. The predicted molar refractivity (Wildman–Crippen MR) is 73.0 cm³/mol. The van der Waals surface area contributed by atoms with Crippen molar-refractivity contribution in [3.63, 3.8) is 0 Å². The topological polar surface area (TPSA) is 88.2 Å². The highest BCUT2D eigenvalue weighted by Gasteiger charge is 2.10. The number of carbonyl (C=O) groups is 1. The van der Waals surface area contributed by atoms with Crippen LogP contribution in [-0.4, -0.2) is 16.1 Å². The molecule has 2 aromatic rings. The van der Waals surface area contributed by atoms with Crippen LogP contribution in [0.15, 0.2) is 34.9 Å². The minimum atomic E-state index is -1.12. The Bertz CT molecular complexity index is 649. The van der Waals surface area contributed by atoms with Crippen LogP contribution in [0.4, 0.5) is 21.6 Å². The van der Waals surface area contributed by atoms with Gasteiger partial charge in [-0.2, -0.15) is 0 Å². The zero-order chi connectivity index (χ0) is 14.0. The fourth-order valence-electron chi connectivity index (χ4n) is 1.42. The van der Waals surface area contributed by atoms with Gasteiger partial charge in [0.2, 0.25) is 0 Å². The first kappa shape index (κ1) is 13.3. The Morgan fingerprint density at radius 1 is 1.42 bits per heavy atom. The minimum absolute atomic E-state index is 0.0284. The van der Waals surface area contributed by atoms with Gasteiger partial charge in [-0.1, -0.05) is 15.9 Å². The van der Waals surface area contributed by atoms with Crippen molar-refractivity contribution in [1.82, 2.24) is 4.98 Å². The number of hydrogen-bond acceptors (Lipinski definition) is 4. The number of aromatic carboxylic acids is 1. The number of hydrogen-bond donors (Lipinski definition) is 3. The van der Waals surface area contributed by atoms with Gasteiger partial charge in [0.25, 0.3) is 0 Å². The van der Waals surface area contributed by atoms with E-state index in [0.29, 0.717) is 4.47 Å². The lowest BCUT2D eigenvalue weighted by atomic mass is 10.2. The largest absolute Gasteiger partial charge is 0.478 e. The monoisotopic (exact) mass is 325 g/mol. The molecule has 0 fully saturated rings. The summed E-state index contributed by atoms with van der Waals surface area (Å²) in [6.45, 7) is 0. The summed E-state index contributed by atoms with van der Waals surface area (Å²) in [5.41, 5.74) is 5.97. The number of rotatable bonds is 3. The Morgan fingerprint density at radius 3 is 2.74 bits per heavy atom. The third kappa shape index (κ3) is 3.00. The second-order valence-corrected chi connectivity index (χ2v) is 4.63. The van der Waals surface area contributed by atoms with Crippen LogP contribution in [0.25, 0.3) is 0 Å². The van der Waals surface area contributed by atoms with E-state index in [0.717, 1.165) is 6.20 Å². The van der Waals surface area contributed by atoms with E-state index >= 15 is 0 Å². The third-order valence-electron chi connectivity index (χ3n) is 2.35. The molecule has 0 atom stereocenters. The molecular formula is C12H9BrFN3O2. The maximum absolute atomic E-state index is 13.6. The maximum Gasteiger partial charge on any atom is 0.337 e. The highest BCUT2D eigenvalue weighted by atomic mass is 79.9. The second kappa shape index (κ2) is 5.23. The third-order valence-corrected chi connectivity index (χ3v) is 2.84. The van der Waals surface area contributed by atoms with E-state index < -0.39 is 11.8 Å². The van der Waals surface area contributed by atoms with Crippen LogP contribution in [0.2, 0.25) is 0 Å². The van der Waals surface area contributed by atoms with E-state index in [1.54, 1.807) is 6.07 Å². The van der Waals surface area contributed by atoms with Crippen LogP contribution in [-0.2, 0) is 0 Å². The van der Waals surface area contributed by atoms with Crippen molar-refractivity contribution in [2.45, 2.75) is 0 Å². The molecular weight excluding hydrogens is 317 g/mol. The summed E-state index contributed by atoms with van der Waals surface area (Å²) < 4.78 is 14.2. The Morgan fingerprint density at radius 2 is 2.16 bits per heavy atom. The molecule has 2 rings (SSSR count). The second-order valence-electron chi connectivity index (χ2n) is 3.72. The van der Waals surface area contributed by atoms with Gasteiger partial charge in [-0.15, -0.1) is 0 Å². The van der Waals surface area contributed by atoms with Crippen LogP contribution in [0.1, 0.15) is 10.4 Å². The van der Waals surface area contributed by atoms with Gasteiger partial charge in [0, 0.05) is 10.7 Å². The molecule has 0 saturated heterocycles. The average Bonchev–Trinajstić information content (AvgIpc) is 2.34. The van der Waals surface area contributed by atoms with Crippen molar-refractivity contribution in [3.05, 3.63) is 46.3 Å². The van der Waals surface area contributed by atoms with E-state index in [4.69, 9.17) is 10.8 Å². The summed E-state index contributed by atoms with van der Waals surface area (Å²) in [4.78, 5) is 14.6. The van der Waals surface area contributed by atoms with Crippen LogP contribution in [0, 0.1) is 5.82 Å². The molecule has 1 heterocycles. The molecule has 5 nitrogen and oxygen atoms in total. The van der Waals surface area contributed by atoms with Crippen molar-refractivity contribution in [2.24, 2.45) is 0 Å². The standard InChI is InChI=1S/C12H9BrFN3O2/c13-7-1-2-10(8(14)4-7)17-11-9(15)3-6(5-16-11)12(18)19/h1-5H,15H2,(H,16,17)(H,18,19). The molecule has 0 bridgehead atoms. The Balaban J connectivity index is 2.31. The number of aromatic nitrogens is 1. The lowest BCUT2D eigenvalue weighted by Crippen LogP contribution is -2.04. The lowest BCUT2D eigenvalue weighted by Gasteiger charge is -2.09. The number of nitrogens with zero attached hydrogens (tertiary/aromatic N) is 1. The zero-order valence-electron chi connectivity index (χ0n) is 9.52. The summed E-state index contributed by atoms with van der Waals surface area (Å²) in [5, 5.41) is 11.5. The molecule has 1 aromatic carbocycles. The van der Waals surface area contributed by atoms with Crippen molar-refractivity contribution < 1.29 is 14.3 Å². The zero-order valence-corrected chi connectivity index (χ0v) is 11.1. The van der Waals surface area contributed by atoms with Crippen LogP contribution < -0.4 is 11.1 Å². The highest BCUT2D eigenvalue weighted by molar-refractivity contribution is 9.10. The average molecular weight is 326 g/mol. The number of anilines is 3. The number of nitrogens with two attached hydrogens (primary N) is 1. The molecule has 19 heavy (non-hydrogen) atoms. The quantitative estimate of drug-likeness (QED) is 0.807. The van der Waals surface area contributed by atoms with Gasteiger partial charge in [-0.05, 0) is 24.3 Å². The van der Waals surface area contributed by atoms with Crippen LogP contribution in [0.5, 0.6) is 0 Å². The predicted octanol–water partition coefficient (Wildman–Crippen LogP) is 3.01. The van der Waals surface area contributed by atoms with Crippen LogP contribution >= 0.6 is 15.9 Å². The lowest BCUT2D eigenvalue weighted by molar-refractivity contribution is 0.0696. The van der Waals surface area contributed by atoms with Gasteiger partial charge in [0.1, 0.15) is 5.82 Å². The molecule has 0 aliphatic heterocycles. The normalized spacial score (nSPS) is 10.2. The first-order chi connectivity index (χ1) is 8.97. The van der Waals surface area contributed by atoms with E-state index in [1.165, 1.54) is 18.2 Å². The van der Waals surface area contributed by atoms with Crippen LogP contribution in [0.3, 0.4) is 0 Å². The van der Waals surface area contributed by atoms with Crippen molar-refractivity contribution in [2.75, 3.05) is 11.1 Å². The smallest absolute Gasteiger partial charge is 0.337 e. The molecule has 7 heteroatoms. The molecule has 0 aliphatic carbocycles. The molecule has 0 unspecified atom stereocenters. The van der Waals surface area contributed by atoms with E-state index in [-0.39, 0.29) is 22.8 Å². The first-order valence-electron chi connectivity index (χ1n) is 5.18. The summed E-state index contributed by atoms with van der Waals surface area (Å²) in [7, 11) is 0. The number of halogens is 2. The molecule has 4 N–H and O–H groups in total. The molecule has 0 aliphatic rings. The number of nitrogens with one attached hydrogen (secondary N) is 1. The summed E-state index contributed by atoms with van der Waals surface area (Å²) in [5.74, 6) is -1.40. The Kier molecular flexibility index (Phi) is 3.66. The van der Waals surface area contributed by atoms with Crippen molar-refractivity contribution in [1.29, 1.82) is 0 Å². The summed E-state index contributed by atoms with van der Waals surface area (Å²) in [6, 6.07) is 5.73. The van der Waals surface area contributed by atoms with E-state index in [9.17, 15) is 9.18 Å². The van der Waals surface area contributed by atoms with Crippen molar-refractivity contribution >= 4 is 39.1 Å². The van der Waals surface area contributed by atoms with Gasteiger partial charge < -0.3 is 16.2 Å². The van der Waals surface area contributed by atoms with Gasteiger partial charge in [-0.25, -0.2) is 14.2 Å². The Hall–Kier alpha value is -2.15. The fraction of sp³-hybridized carbons (Fsp3) is 0. The first-order valence-corrected chi connectivity index (χ1v) is 5.97. The molecule has 0 amide bonds. The van der Waals surface area contributed by atoms with E-state index in [1.807, 2.05) is 0 Å². The molecule has 1 aromatic heterocycles. The summed E-state index contributed by atoms with van der Waals surface area (Å²) in [6.07, 6.45) is 1.15. The molecule has 0 radical (unpaired) electrons. The number of pyridine rings is 1. The number of benzene rings is 1. The van der Waals surface area contributed by atoms with Gasteiger partial charge in [0.05, 0.1) is 16.9 Å².